The minimum Gasteiger partial charge on any atom is -0.336 e. The normalized spacial score (nSPS) is 14.2. The molecule has 0 atom stereocenters. The van der Waals surface area contributed by atoms with Crippen LogP contribution in [0, 0.1) is 0 Å². The van der Waals surface area contributed by atoms with Gasteiger partial charge in [-0.15, -0.1) is 22.7 Å². The summed E-state index contributed by atoms with van der Waals surface area (Å²) in [5, 5.41) is 5.11. The van der Waals surface area contributed by atoms with E-state index in [0.29, 0.717) is 23.1 Å². The van der Waals surface area contributed by atoms with Gasteiger partial charge in [-0.3, -0.25) is 4.79 Å². The Balaban J connectivity index is 1.93. The molecule has 0 saturated heterocycles. The molecule has 0 spiro atoms. The number of thiophene rings is 1. The number of carbonyl (C=O) groups excluding carboxylic acids is 1. The highest BCUT2D eigenvalue weighted by Gasteiger charge is 2.27. The van der Waals surface area contributed by atoms with E-state index < -0.39 is 0 Å². The van der Waals surface area contributed by atoms with Crippen molar-refractivity contribution in [1.82, 2.24) is 9.88 Å². The smallest absolute Gasteiger partial charge is 0.236 e. The fourth-order valence-corrected chi connectivity index (χ4v) is 5.59. The van der Waals surface area contributed by atoms with E-state index in [1.54, 1.807) is 33.8 Å². The molecule has 4 nitrogen and oxygen atoms in total. The SMILES string of the molecule is NCC(=O)N1CCc2c(sc3c(Cl)c(Cl)cc(-c4nccs4)c23)C1. The largest absolute Gasteiger partial charge is 0.336 e. The maximum atomic E-state index is 11.9. The van der Waals surface area contributed by atoms with Crippen LogP contribution in [-0.2, 0) is 17.8 Å². The Morgan fingerprint density at radius 3 is 2.96 bits per heavy atom. The molecule has 1 aromatic carbocycles. The molecule has 1 aliphatic rings. The lowest BCUT2D eigenvalue weighted by atomic mass is 9.99. The van der Waals surface area contributed by atoms with Gasteiger partial charge >= 0.3 is 0 Å². The number of benzene rings is 1. The quantitative estimate of drug-likeness (QED) is 0.705. The van der Waals surface area contributed by atoms with Crippen molar-refractivity contribution in [2.45, 2.75) is 13.0 Å². The minimum atomic E-state index is -0.0256. The topological polar surface area (TPSA) is 59.2 Å². The van der Waals surface area contributed by atoms with E-state index in [4.69, 9.17) is 28.9 Å². The first-order valence-corrected chi connectivity index (χ1v) is 9.85. The average molecular weight is 398 g/mol. The molecule has 0 aliphatic carbocycles. The van der Waals surface area contributed by atoms with E-state index in [-0.39, 0.29) is 12.5 Å². The first kappa shape index (κ1) is 16.3. The third-order valence-electron chi connectivity index (χ3n) is 4.20. The molecule has 0 unspecified atom stereocenters. The van der Waals surface area contributed by atoms with Gasteiger partial charge in [0.15, 0.2) is 0 Å². The van der Waals surface area contributed by atoms with Gasteiger partial charge < -0.3 is 10.6 Å². The highest BCUT2D eigenvalue weighted by molar-refractivity contribution is 7.20. The van der Waals surface area contributed by atoms with Crippen LogP contribution in [-0.4, -0.2) is 28.9 Å². The third kappa shape index (κ3) is 2.53. The van der Waals surface area contributed by atoms with Crippen molar-refractivity contribution in [2.75, 3.05) is 13.1 Å². The molecule has 0 radical (unpaired) electrons. The molecule has 2 aromatic heterocycles. The van der Waals surface area contributed by atoms with Crippen LogP contribution in [0.15, 0.2) is 17.6 Å². The van der Waals surface area contributed by atoms with Gasteiger partial charge in [0, 0.05) is 33.9 Å². The second-order valence-corrected chi connectivity index (χ2v) is 8.32. The van der Waals surface area contributed by atoms with Gasteiger partial charge in [0.05, 0.1) is 27.8 Å². The summed E-state index contributed by atoms with van der Waals surface area (Å²) in [6, 6.07) is 1.90. The standard InChI is InChI=1S/C16H13Cl2N3OS2/c17-10-5-9(16-20-2-4-23-16)13-8-1-3-21(12(22)6-19)7-11(8)24-15(13)14(10)18/h2,4-5H,1,3,6-7,19H2. The molecule has 3 aromatic rings. The molecule has 3 heterocycles. The summed E-state index contributed by atoms with van der Waals surface area (Å²) in [5.74, 6) is -0.0256. The van der Waals surface area contributed by atoms with Gasteiger partial charge in [0.25, 0.3) is 0 Å². The highest BCUT2D eigenvalue weighted by atomic mass is 35.5. The number of hydrogen-bond acceptors (Lipinski definition) is 5. The van der Waals surface area contributed by atoms with Crippen molar-refractivity contribution in [1.29, 1.82) is 0 Å². The summed E-state index contributed by atoms with van der Waals surface area (Å²) in [6.07, 6.45) is 2.58. The van der Waals surface area contributed by atoms with E-state index in [9.17, 15) is 4.79 Å². The Bertz CT molecular complexity index is 937. The van der Waals surface area contributed by atoms with Crippen molar-refractivity contribution in [2.24, 2.45) is 5.73 Å². The number of halogens is 2. The van der Waals surface area contributed by atoms with Crippen molar-refractivity contribution in [3.8, 4) is 10.6 Å². The van der Waals surface area contributed by atoms with Crippen molar-refractivity contribution in [3.63, 3.8) is 0 Å². The number of carbonyl (C=O) groups is 1. The number of rotatable bonds is 2. The lowest BCUT2D eigenvalue weighted by Crippen LogP contribution is -2.39. The van der Waals surface area contributed by atoms with Crippen LogP contribution >= 0.6 is 45.9 Å². The molecule has 0 bridgehead atoms. The second-order valence-electron chi connectivity index (χ2n) is 5.53. The van der Waals surface area contributed by atoms with Crippen molar-refractivity contribution in [3.05, 3.63) is 38.1 Å². The van der Waals surface area contributed by atoms with Crippen LogP contribution in [0.2, 0.25) is 10.0 Å². The van der Waals surface area contributed by atoms with Crippen molar-refractivity contribution < 1.29 is 4.79 Å². The molecule has 124 valence electrons. The summed E-state index contributed by atoms with van der Waals surface area (Å²) in [4.78, 5) is 19.3. The van der Waals surface area contributed by atoms with Gasteiger partial charge in [-0.25, -0.2) is 4.98 Å². The molecular formula is C16H13Cl2N3OS2. The van der Waals surface area contributed by atoms with Crippen molar-refractivity contribution >= 4 is 61.9 Å². The van der Waals surface area contributed by atoms with Crippen LogP contribution in [0.1, 0.15) is 10.4 Å². The van der Waals surface area contributed by atoms with E-state index in [1.807, 2.05) is 11.4 Å². The fourth-order valence-electron chi connectivity index (χ4n) is 3.08. The number of thiazole rings is 1. The Morgan fingerprint density at radius 1 is 1.42 bits per heavy atom. The molecule has 0 saturated carbocycles. The van der Waals surface area contributed by atoms with Crippen LogP contribution < -0.4 is 5.73 Å². The summed E-state index contributed by atoms with van der Waals surface area (Å²) in [7, 11) is 0. The molecule has 1 aliphatic heterocycles. The number of nitrogens with two attached hydrogens (primary N) is 1. The number of nitrogens with zero attached hydrogens (tertiary/aromatic N) is 2. The van der Waals surface area contributed by atoms with Crippen LogP contribution in [0.5, 0.6) is 0 Å². The number of aromatic nitrogens is 1. The van der Waals surface area contributed by atoms with E-state index in [1.165, 1.54) is 5.56 Å². The lowest BCUT2D eigenvalue weighted by Gasteiger charge is -2.26. The summed E-state index contributed by atoms with van der Waals surface area (Å²) in [5.41, 5.74) is 7.77. The van der Waals surface area contributed by atoms with Crippen LogP contribution in [0.4, 0.5) is 0 Å². The predicted octanol–water partition coefficient (Wildman–Crippen LogP) is 4.18. The van der Waals surface area contributed by atoms with Gasteiger partial charge in [-0.05, 0) is 18.1 Å². The molecule has 2 N–H and O–H groups in total. The zero-order valence-corrected chi connectivity index (χ0v) is 15.7. The minimum absolute atomic E-state index is 0.0256. The van der Waals surface area contributed by atoms with Gasteiger partial charge in [-0.2, -0.15) is 0 Å². The highest BCUT2D eigenvalue weighted by Crippen LogP contribution is 2.46. The molecule has 24 heavy (non-hydrogen) atoms. The molecule has 1 amide bonds. The summed E-state index contributed by atoms with van der Waals surface area (Å²) >= 11 is 16.0. The Morgan fingerprint density at radius 2 is 2.25 bits per heavy atom. The monoisotopic (exact) mass is 397 g/mol. The first-order chi connectivity index (χ1) is 11.6. The lowest BCUT2D eigenvalue weighted by molar-refractivity contribution is -0.130. The van der Waals surface area contributed by atoms with Crippen LogP contribution in [0.3, 0.4) is 0 Å². The summed E-state index contributed by atoms with van der Waals surface area (Å²) in [6.45, 7) is 1.29. The number of fused-ring (bicyclic) bond motifs is 3. The Kier molecular flexibility index (Phi) is 4.26. The zero-order chi connectivity index (χ0) is 16.8. The summed E-state index contributed by atoms with van der Waals surface area (Å²) < 4.78 is 0.974. The maximum absolute atomic E-state index is 11.9. The van der Waals surface area contributed by atoms with E-state index in [2.05, 4.69) is 4.98 Å². The fraction of sp³-hybridized carbons (Fsp3) is 0.250. The third-order valence-corrected chi connectivity index (χ3v) is 7.14. The average Bonchev–Trinajstić information content (AvgIpc) is 3.24. The van der Waals surface area contributed by atoms with Crippen LogP contribution in [0.25, 0.3) is 20.7 Å². The van der Waals surface area contributed by atoms with Gasteiger partial charge in [0.2, 0.25) is 5.91 Å². The predicted molar refractivity (Wildman–Crippen MR) is 101 cm³/mol. The Labute approximate surface area is 156 Å². The molecule has 8 heteroatoms. The number of amides is 1. The first-order valence-electron chi connectivity index (χ1n) is 7.40. The van der Waals surface area contributed by atoms with Gasteiger partial charge in [0.1, 0.15) is 5.01 Å². The second kappa shape index (κ2) is 6.28. The molecule has 0 fully saturated rings. The van der Waals surface area contributed by atoms with E-state index in [0.717, 1.165) is 32.0 Å². The Hall–Kier alpha value is -1.18. The molecular weight excluding hydrogens is 385 g/mol. The van der Waals surface area contributed by atoms with E-state index >= 15 is 0 Å². The molecule has 4 rings (SSSR count). The maximum Gasteiger partial charge on any atom is 0.236 e. The number of hydrogen-bond donors (Lipinski definition) is 1. The van der Waals surface area contributed by atoms with Gasteiger partial charge in [-0.1, -0.05) is 23.2 Å². The zero-order valence-electron chi connectivity index (χ0n) is 12.5.